The van der Waals surface area contributed by atoms with Crippen molar-refractivity contribution in [1.29, 1.82) is 0 Å². The van der Waals surface area contributed by atoms with Gasteiger partial charge in [-0.25, -0.2) is 4.79 Å². The second-order valence-corrected chi connectivity index (χ2v) is 4.90. The number of esters is 1. The van der Waals surface area contributed by atoms with Crippen LogP contribution >= 0.6 is 0 Å². The lowest BCUT2D eigenvalue weighted by Crippen LogP contribution is -2.01. The summed E-state index contributed by atoms with van der Waals surface area (Å²) in [5.74, 6) is -0.265. The van der Waals surface area contributed by atoms with Crippen LogP contribution in [-0.2, 0) is 16.1 Å². The zero-order chi connectivity index (χ0) is 14.1. The first-order valence-corrected chi connectivity index (χ1v) is 6.59. The first-order valence-electron chi connectivity index (χ1n) is 6.59. The number of hydrogen-bond acceptors (Lipinski definition) is 2. The van der Waals surface area contributed by atoms with E-state index in [-0.39, 0.29) is 5.97 Å². The van der Waals surface area contributed by atoms with Crippen molar-refractivity contribution < 1.29 is 9.53 Å². The standard InChI is InChI=1S/C17H22O2/c1-14(2)8-7-9-15(3)12-17(18)19-13-16-10-5-4-6-11-16/h4-6,8,10-12H,7,9,13H2,1-3H3/b15-12-. The minimum atomic E-state index is -0.265. The van der Waals surface area contributed by atoms with Gasteiger partial charge in [-0.2, -0.15) is 0 Å². The van der Waals surface area contributed by atoms with Crippen molar-refractivity contribution in [2.45, 2.75) is 40.2 Å². The second-order valence-electron chi connectivity index (χ2n) is 4.90. The molecule has 2 heteroatoms. The Bertz CT molecular complexity index is 451. The Morgan fingerprint density at radius 3 is 2.47 bits per heavy atom. The normalized spacial score (nSPS) is 11.0. The number of ether oxygens (including phenoxy) is 1. The topological polar surface area (TPSA) is 26.3 Å². The fourth-order valence-electron chi connectivity index (χ4n) is 1.63. The van der Waals surface area contributed by atoms with Gasteiger partial charge in [-0.1, -0.05) is 47.6 Å². The van der Waals surface area contributed by atoms with Gasteiger partial charge in [0.05, 0.1) is 0 Å². The van der Waals surface area contributed by atoms with Gasteiger partial charge in [0.15, 0.2) is 0 Å². The number of allylic oxidation sites excluding steroid dienone is 3. The van der Waals surface area contributed by atoms with Crippen LogP contribution in [0, 0.1) is 0 Å². The SMILES string of the molecule is CC(C)=CCC/C(C)=C\C(=O)OCc1ccccc1. The first-order chi connectivity index (χ1) is 9.08. The molecule has 1 aromatic carbocycles. The summed E-state index contributed by atoms with van der Waals surface area (Å²) in [6, 6.07) is 9.70. The van der Waals surface area contributed by atoms with Crippen molar-refractivity contribution in [3.05, 3.63) is 59.2 Å². The van der Waals surface area contributed by atoms with Gasteiger partial charge < -0.3 is 4.74 Å². The highest BCUT2D eigenvalue weighted by atomic mass is 16.5. The van der Waals surface area contributed by atoms with Crippen LogP contribution in [0.25, 0.3) is 0 Å². The third kappa shape index (κ3) is 7.24. The van der Waals surface area contributed by atoms with E-state index >= 15 is 0 Å². The zero-order valence-electron chi connectivity index (χ0n) is 12.0. The number of rotatable bonds is 6. The molecule has 0 aliphatic carbocycles. The van der Waals surface area contributed by atoms with Gasteiger partial charge in [-0.05, 0) is 39.2 Å². The summed E-state index contributed by atoms with van der Waals surface area (Å²) in [6.07, 6.45) is 5.62. The van der Waals surface area contributed by atoms with Gasteiger partial charge in [0.1, 0.15) is 6.61 Å². The molecule has 1 rings (SSSR count). The monoisotopic (exact) mass is 258 g/mol. The van der Waals surface area contributed by atoms with Crippen molar-refractivity contribution in [1.82, 2.24) is 0 Å². The van der Waals surface area contributed by atoms with Crippen LogP contribution < -0.4 is 0 Å². The van der Waals surface area contributed by atoms with Crippen molar-refractivity contribution >= 4 is 5.97 Å². The zero-order valence-corrected chi connectivity index (χ0v) is 12.0. The van der Waals surface area contributed by atoms with Crippen molar-refractivity contribution in [3.63, 3.8) is 0 Å². The van der Waals surface area contributed by atoms with E-state index in [1.165, 1.54) is 5.57 Å². The molecule has 0 heterocycles. The summed E-state index contributed by atoms with van der Waals surface area (Å²) in [4.78, 5) is 11.6. The number of hydrogen-bond donors (Lipinski definition) is 0. The molecule has 0 saturated heterocycles. The van der Waals surface area contributed by atoms with Gasteiger partial charge in [0, 0.05) is 6.08 Å². The largest absolute Gasteiger partial charge is 0.458 e. The van der Waals surface area contributed by atoms with E-state index in [1.807, 2.05) is 37.3 Å². The Balaban J connectivity index is 2.35. The third-order valence-corrected chi connectivity index (χ3v) is 2.68. The molecule has 0 atom stereocenters. The Kier molecular flexibility index (Phi) is 6.65. The predicted octanol–water partition coefficient (Wildman–Crippen LogP) is 4.42. The molecule has 0 saturated carbocycles. The lowest BCUT2D eigenvalue weighted by atomic mass is 10.1. The minimum absolute atomic E-state index is 0.265. The van der Waals surface area contributed by atoms with E-state index in [0.29, 0.717) is 6.61 Å². The van der Waals surface area contributed by atoms with Crippen LogP contribution in [0.1, 0.15) is 39.2 Å². The van der Waals surface area contributed by atoms with E-state index in [1.54, 1.807) is 6.08 Å². The maximum Gasteiger partial charge on any atom is 0.331 e. The fraction of sp³-hybridized carbons (Fsp3) is 0.353. The lowest BCUT2D eigenvalue weighted by Gasteiger charge is -2.03. The lowest BCUT2D eigenvalue weighted by molar-refractivity contribution is -0.139. The molecule has 2 nitrogen and oxygen atoms in total. The predicted molar refractivity (Wildman–Crippen MR) is 78.7 cm³/mol. The van der Waals surface area contributed by atoms with E-state index in [0.717, 1.165) is 24.0 Å². The molecule has 0 aliphatic rings. The molecule has 1 aromatic rings. The fourth-order valence-corrected chi connectivity index (χ4v) is 1.63. The van der Waals surface area contributed by atoms with Crippen molar-refractivity contribution in [2.75, 3.05) is 0 Å². The van der Waals surface area contributed by atoms with Crippen LogP contribution in [0.4, 0.5) is 0 Å². The highest BCUT2D eigenvalue weighted by Crippen LogP contribution is 2.07. The van der Waals surface area contributed by atoms with Gasteiger partial charge in [0.2, 0.25) is 0 Å². The number of carbonyl (C=O) groups is 1. The summed E-state index contributed by atoms with van der Waals surface area (Å²) in [5.41, 5.74) is 3.36. The molecule has 0 aromatic heterocycles. The molecule has 0 N–H and O–H groups in total. The van der Waals surface area contributed by atoms with Gasteiger partial charge in [-0.3, -0.25) is 0 Å². The average Bonchev–Trinajstić information content (AvgIpc) is 2.37. The van der Waals surface area contributed by atoms with Crippen molar-refractivity contribution in [3.8, 4) is 0 Å². The van der Waals surface area contributed by atoms with Crippen LogP contribution in [0.15, 0.2) is 53.6 Å². The molecule has 0 aliphatic heterocycles. The Hall–Kier alpha value is -1.83. The van der Waals surface area contributed by atoms with E-state index in [2.05, 4.69) is 19.9 Å². The quantitative estimate of drug-likeness (QED) is 0.429. The van der Waals surface area contributed by atoms with Gasteiger partial charge >= 0.3 is 5.97 Å². The molecular weight excluding hydrogens is 236 g/mol. The third-order valence-electron chi connectivity index (χ3n) is 2.68. The molecule has 0 amide bonds. The number of carbonyl (C=O) groups excluding carboxylic acids is 1. The highest BCUT2D eigenvalue weighted by Gasteiger charge is 2.00. The summed E-state index contributed by atoms with van der Waals surface area (Å²) in [7, 11) is 0. The Labute approximate surface area is 115 Å². The molecule has 0 fully saturated rings. The molecule has 19 heavy (non-hydrogen) atoms. The molecule has 0 radical (unpaired) electrons. The maximum absolute atomic E-state index is 11.6. The summed E-state index contributed by atoms with van der Waals surface area (Å²) in [5, 5.41) is 0. The molecule has 0 unspecified atom stereocenters. The smallest absolute Gasteiger partial charge is 0.331 e. The van der Waals surface area contributed by atoms with E-state index in [4.69, 9.17) is 4.74 Å². The van der Waals surface area contributed by atoms with Crippen molar-refractivity contribution in [2.24, 2.45) is 0 Å². The highest BCUT2D eigenvalue weighted by molar-refractivity contribution is 5.82. The Morgan fingerprint density at radius 1 is 1.16 bits per heavy atom. The second kappa shape index (κ2) is 8.30. The Morgan fingerprint density at radius 2 is 1.84 bits per heavy atom. The molecule has 0 bridgehead atoms. The van der Waals surface area contributed by atoms with Gasteiger partial charge in [0.25, 0.3) is 0 Å². The molecular formula is C17H22O2. The average molecular weight is 258 g/mol. The van der Waals surface area contributed by atoms with E-state index < -0.39 is 0 Å². The van der Waals surface area contributed by atoms with Crippen LogP contribution in [-0.4, -0.2) is 5.97 Å². The van der Waals surface area contributed by atoms with Gasteiger partial charge in [-0.15, -0.1) is 0 Å². The molecule has 0 spiro atoms. The summed E-state index contributed by atoms with van der Waals surface area (Å²) < 4.78 is 5.20. The maximum atomic E-state index is 11.6. The van der Waals surface area contributed by atoms with Crippen LogP contribution in [0.3, 0.4) is 0 Å². The summed E-state index contributed by atoms with van der Waals surface area (Å²) >= 11 is 0. The number of benzene rings is 1. The van der Waals surface area contributed by atoms with Crippen LogP contribution in [0.2, 0.25) is 0 Å². The van der Waals surface area contributed by atoms with E-state index in [9.17, 15) is 4.79 Å². The minimum Gasteiger partial charge on any atom is -0.458 e. The van der Waals surface area contributed by atoms with Crippen LogP contribution in [0.5, 0.6) is 0 Å². The summed E-state index contributed by atoms with van der Waals surface area (Å²) in [6.45, 7) is 6.44. The first kappa shape index (κ1) is 15.2. The molecule has 102 valence electrons.